The first-order valence-electron chi connectivity index (χ1n) is 10.7. The second kappa shape index (κ2) is 11.2. The molecule has 0 saturated heterocycles. The molecule has 0 unspecified atom stereocenters. The van der Waals surface area contributed by atoms with Crippen molar-refractivity contribution in [2.75, 3.05) is 11.5 Å². The van der Waals surface area contributed by atoms with Crippen molar-refractivity contribution in [2.24, 2.45) is 20.5 Å². The quantitative estimate of drug-likeness (QED) is 0.0711. The van der Waals surface area contributed by atoms with Crippen LogP contribution in [0, 0.1) is 6.92 Å². The molecule has 17 heteroatoms. The van der Waals surface area contributed by atoms with Gasteiger partial charge in [0.25, 0.3) is 20.2 Å². The molecule has 0 bridgehead atoms. The molecule has 1 radical (unpaired) electrons. The second-order valence-corrected chi connectivity index (χ2v) is 11.1. The van der Waals surface area contributed by atoms with Crippen molar-refractivity contribution >= 4 is 65.1 Å². The van der Waals surface area contributed by atoms with E-state index in [-0.39, 0.29) is 44.9 Å². The van der Waals surface area contributed by atoms with Gasteiger partial charge in [-0.3, -0.25) is 9.11 Å². The molecule has 0 amide bonds. The fourth-order valence-electron chi connectivity index (χ4n) is 3.55. The van der Waals surface area contributed by atoms with Gasteiger partial charge in [0.2, 0.25) is 0 Å². The first-order valence-corrected chi connectivity index (χ1v) is 13.6. The Kier molecular flexibility index (Phi) is 8.49. The summed E-state index contributed by atoms with van der Waals surface area (Å²) >= 11 is 0. The van der Waals surface area contributed by atoms with E-state index in [0.29, 0.717) is 16.9 Å². The fourth-order valence-corrected chi connectivity index (χ4v) is 4.76. The predicted molar refractivity (Wildman–Crippen MR) is 142 cm³/mol. The number of anilines is 2. The zero-order valence-electron chi connectivity index (χ0n) is 20.2. The van der Waals surface area contributed by atoms with Crippen LogP contribution in [-0.2, 0) is 37.3 Å². The summed E-state index contributed by atoms with van der Waals surface area (Å²) in [5, 5.41) is 36.5. The number of nitrogen functional groups attached to an aromatic ring is 2. The number of azo groups is 2. The van der Waals surface area contributed by atoms with E-state index in [9.17, 15) is 36.2 Å². The van der Waals surface area contributed by atoms with E-state index < -0.39 is 47.2 Å². The van der Waals surface area contributed by atoms with Crippen LogP contribution in [0.15, 0.2) is 84.8 Å². The largest absolute Gasteiger partial charge is 0.506 e. The summed E-state index contributed by atoms with van der Waals surface area (Å²) in [6.07, 6.45) is 0. The van der Waals surface area contributed by atoms with Crippen molar-refractivity contribution in [2.45, 2.75) is 16.7 Å². The summed E-state index contributed by atoms with van der Waals surface area (Å²) in [6, 6.07) is 11.7. The number of benzene rings is 4. The monoisotopic (exact) mass is 635 g/mol. The number of fused-ring (bicyclic) bond motifs is 1. The predicted octanol–water partition coefficient (Wildman–Crippen LogP) is 5.05. The van der Waals surface area contributed by atoms with E-state index in [1.165, 1.54) is 12.1 Å². The van der Waals surface area contributed by atoms with Crippen LogP contribution in [0.5, 0.6) is 11.5 Å². The Labute approximate surface area is 238 Å². The van der Waals surface area contributed by atoms with Crippen molar-refractivity contribution < 1.29 is 53.2 Å². The Hall–Kier alpha value is -4.12. The normalized spacial score (nSPS) is 12.3. The van der Waals surface area contributed by atoms with Gasteiger partial charge >= 0.3 is 0 Å². The summed E-state index contributed by atoms with van der Waals surface area (Å²) in [4.78, 5) is -1.61. The topological polar surface area (TPSA) is 251 Å². The molecular formula is C23H20CuN6O8S2. The Morgan fingerprint density at radius 1 is 0.750 bits per heavy atom. The van der Waals surface area contributed by atoms with Crippen molar-refractivity contribution in [3.05, 3.63) is 60.2 Å². The average molecular weight is 636 g/mol. The van der Waals surface area contributed by atoms with E-state index in [0.717, 1.165) is 18.2 Å². The van der Waals surface area contributed by atoms with Crippen LogP contribution in [0.1, 0.15) is 5.56 Å². The molecule has 40 heavy (non-hydrogen) atoms. The van der Waals surface area contributed by atoms with E-state index in [4.69, 9.17) is 11.5 Å². The van der Waals surface area contributed by atoms with Gasteiger partial charge in [0.15, 0.2) is 5.75 Å². The molecule has 4 aromatic rings. The number of nitrogens with two attached hydrogens (primary N) is 2. The van der Waals surface area contributed by atoms with Crippen LogP contribution in [0.4, 0.5) is 34.1 Å². The number of rotatable bonds is 6. The number of hydrogen-bond donors (Lipinski definition) is 6. The number of phenols is 2. The van der Waals surface area contributed by atoms with Gasteiger partial charge in [0.1, 0.15) is 22.0 Å². The molecule has 0 atom stereocenters. The van der Waals surface area contributed by atoms with E-state index >= 15 is 0 Å². The SMILES string of the molecule is Cc1cc(N=Nc2c(S(=O)(=O)O)cc3cc(S(=O)(=O)O)cc(N)c3c2O)c(O)cc1N=Nc1ccc(N)cc1.[Cu]. The standard InChI is InChI=1S/C23H20N6O8S2.Cu/c1-11-6-18(19(30)10-17(11)27-26-14-4-2-13(24)3-5-14)28-29-22-20(39(35,36)37)8-12-7-15(38(32,33)34)9-16(25)21(12)23(22)31;/h2-10,30-31H,24-25H2,1H3,(H,32,33,34)(H,35,36,37);. The third-order valence-corrected chi connectivity index (χ3v) is 7.15. The van der Waals surface area contributed by atoms with Crippen LogP contribution in [0.25, 0.3) is 10.8 Å². The van der Waals surface area contributed by atoms with Crippen LogP contribution in [0.3, 0.4) is 0 Å². The van der Waals surface area contributed by atoms with Crippen LogP contribution in [0.2, 0.25) is 0 Å². The molecule has 0 saturated carbocycles. The summed E-state index contributed by atoms with van der Waals surface area (Å²) < 4.78 is 66.2. The summed E-state index contributed by atoms with van der Waals surface area (Å²) in [5.74, 6) is -1.27. The van der Waals surface area contributed by atoms with Gasteiger partial charge in [-0.2, -0.15) is 27.1 Å². The summed E-state index contributed by atoms with van der Waals surface area (Å²) in [7, 11) is -9.77. The minimum Gasteiger partial charge on any atom is -0.506 e. The number of aromatic hydroxyl groups is 2. The maximum absolute atomic E-state index is 12.1. The minimum absolute atomic E-state index is 0. The van der Waals surface area contributed by atoms with E-state index in [1.54, 1.807) is 31.2 Å². The van der Waals surface area contributed by atoms with Crippen molar-refractivity contribution in [3.63, 3.8) is 0 Å². The molecule has 0 heterocycles. The Balaban J connectivity index is 0.00000441. The molecule has 8 N–H and O–H groups in total. The van der Waals surface area contributed by atoms with Crippen LogP contribution < -0.4 is 11.5 Å². The maximum Gasteiger partial charge on any atom is 0.296 e. The van der Waals surface area contributed by atoms with E-state index in [1.807, 2.05) is 0 Å². The maximum atomic E-state index is 12.1. The van der Waals surface area contributed by atoms with Gasteiger partial charge in [0.05, 0.1) is 16.3 Å². The zero-order valence-corrected chi connectivity index (χ0v) is 22.8. The summed E-state index contributed by atoms with van der Waals surface area (Å²) in [6.45, 7) is 1.64. The van der Waals surface area contributed by atoms with Gasteiger partial charge < -0.3 is 21.7 Å². The number of nitrogens with zero attached hydrogens (tertiary/aromatic N) is 4. The minimum atomic E-state index is -5.04. The van der Waals surface area contributed by atoms with Gasteiger partial charge in [-0.05, 0) is 66.4 Å². The third-order valence-electron chi connectivity index (χ3n) is 5.45. The fraction of sp³-hybridized carbons (Fsp3) is 0.0435. The first kappa shape index (κ1) is 30.4. The van der Waals surface area contributed by atoms with Gasteiger partial charge in [-0.1, -0.05) is 0 Å². The molecule has 14 nitrogen and oxygen atoms in total. The molecule has 4 aromatic carbocycles. The van der Waals surface area contributed by atoms with E-state index in [2.05, 4.69) is 20.5 Å². The molecular weight excluding hydrogens is 616 g/mol. The summed E-state index contributed by atoms with van der Waals surface area (Å²) in [5.41, 5.74) is 12.1. The molecule has 0 aromatic heterocycles. The van der Waals surface area contributed by atoms with Crippen molar-refractivity contribution in [3.8, 4) is 11.5 Å². The Bertz CT molecular complexity index is 1910. The van der Waals surface area contributed by atoms with Gasteiger partial charge in [0, 0.05) is 39.9 Å². The Morgan fingerprint density at radius 2 is 1.38 bits per heavy atom. The first-order chi connectivity index (χ1) is 18.1. The van der Waals surface area contributed by atoms with Crippen molar-refractivity contribution in [1.82, 2.24) is 0 Å². The number of phenolic OH excluding ortho intramolecular Hbond substituents is 2. The molecule has 213 valence electrons. The molecule has 0 aliphatic rings. The third kappa shape index (κ3) is 6.36. The second-order valence-electron chi connectivity index (χ2n) is 8.25. The molecule has 0 spiro atoms. The van der Waals surface area contributed by atoms with Gasteiger partial charge in [-0.25, -0.2) is 0 Å². The Morgan fingerprint density at radius 3 is 1.98 bits per heavy atom. The molecule has 0 aliphatic heterocycles. The molecule has 4 rings (SSSR count). The number of hydrogen-bond acceptors (Lipinski definition) is 12. The number of aryl methyl sites for hydroxylation is 1. The van der Waals surface area contributed by atoms with Crippen molar-refractivity contribution in [1.29, 1.82) is 0 Å². The average Bonchev–Trinajstić information content (AvgIpc) is 2.83. The molecule has 0 fully saturated rings. The molecule has 0 aliphatic carbocycles. The van der Waals surface area contributed by atoms with Crippen LogP contribution in [-0.4, -0.2) is 36.2 Å². The smallest absolute Gasteiger partial charge is 0.296 e. The van der Waals surface area contributed by atoms with Gasteiger partial charge in [-0.15, -0.1) is 10.2 Å². The zero-order chi connectivity index (χ0) is 28.7. The van der Waals surface area contributed by atoms with Crippen LogP contribution >= 0.6 is 0 Å².